The van der Waals surface area contributed by atoms with Crippen LogP contribution < -0.4 is 5.32 Å². The van der Waals surface area contributed by atoms with Crippen molar-refractivity contribution in [2.24, 2.45) is 0 Å². The second-order valence-electron chi connectivity index (χ2n) is 8.67. The molecule has 0 spiro atoms. The van der Waals surface area contributed by atoms with Gasteiger partial charge in [-0.2, -0.15) is 4.52 Å². The average Bonchev–Trinajstić information content (AvgIpc) is 3.34. The lowest BCUT2D eigenvalue weighted by molar-refractivity contribution is -0.129. The lowest BCUT2D eigenvalue weighted by Crippen LogP contribution is -2.36. The number of piperidine rings is 1. The number of carbonyl (C=O) groups is 1. The van der Waals surface area contributed by atoms with Crippen LogP contribution in [0.2, 0.25) is 0 Å². The smallest absolute Gasteiger partial charge is 0.266 e. The van der Waals surface area contributed by atoms with E-state index in [9.17, 15) is 18.0 Å². The molecule has 5 rings (SSSR count). The van der Waals surface area contributed by atoms with E-state index in [-0.39, 0.29) is 17.4 Å². The molecule has 1 N–H and O–H groups in total. The number of pyridine rings is 1. The first kappa shape index (κ1) is 22.9. The minimum absolute atomic E-state index is 0.0493. The summed E-state index contributed by atoms with van der Waals surface area (Å²) in [7, 11) is 0. The Balaban J connectivity index is 1.54. The number of nitrogens with zero attached hydrogens (tertiary/aromatic N) is 7. The minimum atomic E-state index is -2.91. The Morgan fingerprint density at radius 1 is 1.14 bits per heavy atom. The van der Waals surface area contributed by atoms with Gasteiger partial charge in [-0.1, -0.05) is 18.2 Å². The summed E-state index contributed by atoms with van der Waals surface area (Å²) >= 11 is 0. The summed E-state index contributed by atoms with van der Waals surface area (Å²) in [5, 5.41) is 15.9. The third-order valence-electron chi connectivity index (χ3n) is 6.58. The summed E-state index contributed by atoms with van der Waals surface area (Å²) in [4.78, 5) is 22.2. The number of amides is 1. The van der Waals surface area contributed by atoms with Crippen LogP contribution in [0.4, 0.5) is 19.0 Å². The summed E-state index contributed by atoms with van der Waals surface area (Å²) in [6, 6.07) is 5.23. The Kier molecular flexibility index (Phi) is 5.95. The molecule has 1 aliphatic heterocycles. The molecule has 1 fully saturated rings. The highest BCUT2D eigenvalue weighted by Crippen LogP contribution is 2.35. The summed E-state index contributed by atoms with van der Waals surface area (Å²) in [5.74, 6) is -0.367. The van der Waals surface area contributed by atoms with E-state index in [4.69, 9.17) is 0 Å². The molecule has 4 heterocycles. The van der Waals surface area contributed by atoms with Gasteiger partial charge in [-0.05, 0) is 42.2 Å². The minimum Gasteiger partial charge on any atom is -0.363 e. The standard InChI is InChI=1S/C23H23F3N8O/c1-12(15-4-3-5-16(19(15)24)20(25)26)29-21-18-10-17(14-6-8-33(9-7-14)13(2)35)23-30-31-32-34(23)22(18)28-11-27-21/h3-5,10-12,14,20H,6-9H2,1-2H3,(H,27,28,29)/t12-/m1/s1. The topological polar surface area (TPSA) is 101 Å². The number of nitrogens with one attached hydrogen (secondary N) is 1. The Morgan fingerprint density at radius 3 is 2.60 bits per heavy atom. The van der Waals surface area contributed by atoms with Crippen LogP contribution in [-0.2, 0) is 4.79 Å². The fourth-order valence-corrected chi connectivity index (χ4v) is 4.69. The van der Waals surface area contributed by atoms with Crippen molar-refractivity contribution >= 4 is 28.4 Å². The zero-order valence-corrected chi connectivity index (χ0v) is 19.1. The molecule has 3 aromatic heterocycles. The fraction of sp³-hybridized carbons (Fsp3) is 0.391. The monoisotopic (exact) mass is 484 g/mol. The lowest BCUT2D eigenvalue weighted by Gasteiger charge is -2.31. The predicted molar refractivity (Wildman–Crippen MR) is 122 cm³/mol. The first-order chi connectivity index (χ1) is 16.8. The molecular weight excluding hydrogens is 461 g/mol. The Hall–Kier alpha value is -3.83. The number of hydrogen-bond acceptors (Lipinski definition) is 7. The second kappa shape index (κ2) is 9.08. The van der Waals surface area contributed by atoms with Crippen LogP contribution in [0.3, 0.4) is 0 Å². The van der Waals surface area contributed by atoms with Crippen LogP contribution >= 0.6 is 0 Å². The van der Waals surface area contributed by atoms with E-state index in [0.29, 0.717) is 35.6 Å². The number of rotatable bonds is 5. The molecule has 0 bridgehead atoms. The van der Waals surface area contributed by atoms with Crippen molar-refractivity contribution in [3.8, 4) is 0 Å². The molecule has 1 atom stereocenters. The van der Waals surface area contributed by atoms with E-state index in [0.717, 1.165) is 24.5 Å². The van der Waals surface area contributed by atoms with E-state index >= 15 is 0 Å². The third kappa shape index (κ3) is 4.13. The van der Waals surface area contributed by atoms with Gasteiger partial charge in [0.05, 0.1) is 17.0 Å². The molecule has 1 aliphatic rings. The molecular formula is C23H23F3N8O. The van der Waals surface area contributed by atoms with Crippen molar-refractivity contribution in [2.75, 3.05) is 18.4 Å². The first-order valence-corrected chi connectivity index (χ1v) is 11.3. The fourth-order valence-electron chi connectivity index (χ4n) is 4.69. The van der Waals surface area contributed by atoms with Crippen LogP contribution in [-0.4, -0.2) is 53.9 Å². The van der Waals surface area contributed by atoms with E-state index in [2.05, 4.69) is 30.8 Å². The largest absolute Gasteiger partial charge is 0.363 e. The van der Waals surface area contributed by atoms with Gasteiger partial charge in [-0.25, -0.2) is 23.1 Å². The normalized spacial score (nSPS) is 15.8. The Labute approximate surface area is 198 Å². The molecule has 1 aromatic carbocycles. The van der Waals surface area contributed by atoms with Gasteiger partial charge < -0.3 is 10.2 Å². The molecule has 1 saturated heterocycles. The number of benzene rings is 1. The van der Waals surface area contributed by atoms with Crippen LogP contribution in [0.25, 0.3) is 16.7 Å². The van der Waals surface area contributed by atoms with Crippen LogP contribution in [0.5, 0.6) is 0 Å². The molecule has 1 amide bonds. The number of hydrogen-bond donors (Lipinski definition) is 1. The van der Waals surface area contributed by atoms with E-state index in [1.165, 1.54) is 23.0 Å². The number of alkyl halides is 2. The number of halogens is 3. The number of tetrazole rings is 1. The van der Waals surface area contributed by atoms with Gasteiger partial charge in [0.2, 0.25) is 5.91 Å². The Morgan fingerprint density at radius 2 is 1.89 bits per heavy atom. The maximum atomic E-state index is 14.7. The predicted octanol–water partition coefficient (Wildman–Crippen LogP) is 4.04. The molecule has 12 heteroatoms. The molecule has 35 heavy (non-hydrogen) atoms. The quantitative estimate of drug-likeness (QED) is 0.456. The van der Waals surface area contributed by atoms with Gasteiger partial charge in [-0.3, -0.25) is 4.79 Å². The highest BCUT2D eigenvalue weighted by atomic mass is 19.3. The highest BCUT2D eigenvalue weighted by Gasteiger charge is 2.27. The molecule has 182 valence electrons. The van der Waals surface area contributed by atoms with Gasteiger partial charge in [0, 0.05) is 31.1 Å². The zero-order valence-electron chi connectivity index (χ0n) is 19.1. The van der Waals surface area contributed by atoms with Crippen molar-refractivity contribution in [3.05, 3.63) is 53.1 Å². The van der Waals surface area contributed by atoms with Crippen molar-refractivity contribution < 1.29 is 18.0 Å². The summed E-state index contributed by atoms with van der Waals surface area (Å²) in [6.07, 6.45) is -0.0553. The molecule has 0 aliphatic carbocycles. The number of aromatic nitrogens is 6. The zero-order chi connectivity index (χ0) is 24.7. The molecule has 4 aromatic rings. The van der Waals surface area contributed by atoms with Gasteiger partial charge in [0.1, 0.15) is 18.0 Å². The van der Waals surface area contributed by atoms with Gasteiger partial charge in [0.15, 0.2) is 11.3 Å². The van der Waals surface area contributed by atoms with Gasteiger partial charge in [-0.15, -0.1) is 5.10 Å². The Bertz CT molecular complexity index is 1400. The van der Waals surface area contributed by atoms with Crippen molar-refractivity contribution in [2.45, 2.75) is 45.1 Å². The van der Waals surface area contributed by atoms with Crippen molar-refractivity contribution in [1.82, 2.24) is 34.9 Å². The average molecular weight is 484 g/mol. The van der Waals surface area contributed by atoms with E-state index in [1.807, 2.05) is 11.0 Å². The number of fused-ring (bicyclic) bond motifs is 3. The maximum Gasteiger partial charge on any atom is 0.266 e. The van der Waals surface area contributed by atoms with Crippen LogP contribution in [0.1, 0.15) is 61.8 Å². The van der Waals surface area contributed by atoms with Crippen LogP contribution in [0.15, 0.2) is 30.6 Å². The highest BCUT2D eigenvalue weighted by molar-refractivity contribution is 5.89. The second-order valence-corrected chi connectivity index (χ2v) is 8.67. The first-order valence-electron chi connectivity index (χ1n) is 11.3. The van der Waals surface area contributed by atoms with Crippen molar-refractivity contribution in [1.29, 1.82) is 0 Å². The molecule has 9 nitrogen and oxygen atoms in total. The summed E-state index contributed by atoms with van der Waals surface area (Å²) in [6.45, 7) is 4.51. The third-order valence-corrected chi connectivity index (χ3v) is 6.58. The lowest BCUT2D eigenvalue weighted by atomic mass is 9.89. The number of carbonyl (C=O) groups excluding carboxylic acids is 1. The van der Waals surface area contributed by atoms with Crippen LogP contribution in [0, 0.1) is 5.82 Å². The maximum absolute atomic E-state index is 14.7. The molecule has 0 saturated carbocycles. The van der Waals surface area contributed by atoms with E-state index < -0.39 is 23.8 Å². The summed E-state index contributed by atoms with van der Waals surface area (Å²) in [5.41, 5.74) is 1.41. The van der Waals surface area contributed by atoms with E-state index in [1.54, 1.807) is 13.8 Å². The number of likely N-dealkylation sites (tertiary alicyclic amines) is 1. The van der Waals surface area contributed by atoms with Gasteiger partial charge in [0.25, 0.3) is 6.43 Å². The SMILES string of the molecule is CC(=O)N1CCC(c2cc3c(N[C@H](C)c4cccc(C(F)F)c4F)ncnc3n3nnnc23)CC1. The van der Waals surface area contributed by atoms with Gasteiger partial charge >= 0.3 is 0 Å². The summed E-state index contributed by atoms with van der Waals surface area (Å²) < 4.78 is 42.7. The number of anilines is 1. The molecule has 0 unspecified atom stereocenters. The molecule has 0 radical (unpaired) electrons. The van der Waals surface area contributed by atoms with Crippen molar-refractivity contribution in [3.63, 3.8) is 0 Å².